The zero-order valence-corrected chi connectivity index (χ0v) is 24.2. The Bertz CT molecular complexity index is 1840. The highest BCUT2D eigenvalue weighted by molar-refractivity contribution is 7.13. The summed E-state index contributed by atoms with van der Waals surface area (Å²) < 4.78 is 17.8. The number of anilines is 1. The number of hydrogen-bond donors (Lipinski definition) is 2. The Labute approximate surface area is 254 Å². The van der Waals surface area contributed by atoms with E-state index in [0.29, 0.717) is 27.3 Å². The SMILES string of the molecule is O=C(Cn1cc(-c2nc(N[C@@H]3C4CCC(CC4)[C@H]3C(=O)O)c(F)c(-c3cccs3)n2)c2nc(Cl)cnc21)c1ccccn1. The van der Waals surface area contributed by atoms with E-state index in [-0.39, 0.29) is 46.7 Å². The molecule has 43 heavy (non-hydrogen) atoms. The third-order valence-electron chi connectivity index (χ3n) is 8.45. The van der Waals surface area contributed by atoms with E-state index in [1.807, 2.05) is 5.38 Å². The van der Waals surface area contributed by atoms with Crippen LogP contribution in [0.5, 0.6) is 0 Å². The minimum atomic E-state index is -0.884. The van der Waals surface area contributed by atoms with Gasteiger partial charge in [0.1, 0.15) is 22.1 Å². The number of rotatable bonds is 8. The van der Waals surface area contributed by atoms with E-state index in [4.69, 9.17) is 11.6 Å². The second-order valence-electron chi connectivity index (χ2n) is 10.9. The molecule has 0 saturated heterocycles. The Morgan fingerprint density at radius 2 is 1.88 bits per heavy atom. The summed E-state index contributed by atoms with van der Waals surface area (Å²) in [7, 11) is 0. The molecule has 0 aromatic carbocycles. The number of carboxylic acids is 1. The molecule has 3 fully saturated rings. The van der Waals surface area contributed by atoms with Crippen molar-refractivity contribution in [1.29, 1.82) is 0 Å². The number of carboxylic acid groups (broad SMARTS) is 1. The van der Waals surface area contributed by atoms with Gasteiger partial charge in [-0.2, -0.15) is 0 Å². The number of aromatic nitrogens is 6. The van der Waals surface area contributed by atoms with Gasteiger partial charge < -0.3 is 15.0 Å². The summed E-state index contributed by atoms with van der Waals surface area (Å²) in [6.45, 7) is -0.0840. The third-order valence-corrected chi connectivity index (χ3v) is 9.51. The standard InChI is InChI=1S/C30H25ClFN7O3S/c31-21-12-34-29-25(35-21)17(13-39(29)14-19(40)18-4-1-2-10-33-18)27-37-26(20-5-3-11-43-20)23(32)28(38-27)36-24-16-8-6-15(7-9-16)22(24)30(41)42/h1-5,10-13,15-16,22,24H,6-9,14H2,(H,41,42)(H,36,37,38)/t15?,16?,22-,24-/m1/s1. The summed E-state index contributed by atoms with van der Waals surface area (Å²) in [6.07, 6.45) is 8.06. The van der Waals surface area contributed by atoms with Crippen molar-refractivity contribution >= 4 is 51.7 Å². The van der Waals surface area contributed by atoms with E-state index >= 15 is 4.39 Å². The van der Waals surface area contributed by atoms with Crippen LogP contribution >= 0.6 is 22.9 Å². The van der Waals surface area contributed by atoms with Crippen molar-refractivity contribution in [2.75, 3.05) is 5.32 Å². The van der Waals surface area contributed by atoms with Crippen molar-refractivity contribution < 1.29 is 19.1 Å². The Kier molecular flexibility index (Phi) is 7.10. The summed E-state index contributed by atoms with van der Waals surface area (Å²) in [6, 6.07) is 8.19. The minimum absolute atomic E-state index is 0.0353. The smallest absolute Gasteiger partial charge is 0.308 e. The largest absolute Gasteiger partial charge is 0.481 e. The van der Waals surface area contributed by atoms with Gasteiger partial charge in [-0.25, -0.2) is 24.3 Å². The maximum absolute atomic E-state index is 16.2. The number of thiophene rings is 1. The molecule has 0 aliphatic heterocycles. The summed E-state index contributed by atoms with van der Waals surface area (Å²) >= 11 is 7.57. The maximum atomic E-state index is 16.2. The first kappa shape index (κ1) is 27.5. The molecule has 5 aromatic rings. The van der Waals surface area contributed by atoms with Crippen LogP contribution in [0.2, 0.25) is 5.15 Å². The highest BCUT2D eigenvalue weighted by atomic mass is 35.5. The van der Waals surface area contributed by atoms with E-state index in [1.54, 1.807) is 47.3 Å². The highest BCUT2D eigenvalue weighted by Gasteiger charge is 2.47. The lowest BCUT2D eigenvalue weighted by Crippen LogP contribution is -2.51. The van der Waals surface area contributed by atoms with Gasteiger partial charge >= 0.3 is 5.97 Å². The molecule has 0 unspecified atom stereocenters. The van der Waals surface area contributed by atoms with Gasteiger partial charge in [0.15, 0.2) is 23.1 Å². The van der Waals surface area contributed by atoms with Gasteiger partial charge in [0.2, 0.25) is 5.78 Å². The van der Waals surface area contributed by atoms with Crippen molar-refractivity contribution in [3.63, 3.8) is 0 Å². The predicted octanol–water partition coefficient (Wildman–Crippen LogP) is 5.99. The topological polar surface area (TPSA) is 136 Å². The second kappa shape index (κ2) is 11.1. The molecule has 0 amide bonds. The molecule has 3 aliphatic rings. The number of carbonyl (C=O) groups is 2. The van der Waals surface area contributed by atoms with Crippen LogP contribution in [0.15, 0.2) is 54.3 Å². The lowest BCUT2D eigenvalue weighted by molar-refractivity contribution is -0.148. The number of Topliss-reactive ketones (excluding diaryl/α,β-unsaturated/α-hetero) is 1. The second-order valence-corrected chi connectivity index (χ2v) is 12.3. The van der Waals surface area contributed by atoms with Crippen molar-refractivity contribution in [1.82, 2.24) is 29.5 Å². The van der Waals surface area contributed by atoms with Gasteiger partial charge in [-0.1, -0.05) is 23.7 Å². The minimum Gasteiger partial charge on any atom is -0.481 e. The predicted molar refractivity (Wildman–Crippen MR) is 159 cm³/mol. The molecule has 3 saturated carbocycles. The van der Waals surface area contributed by atoms with Crippen LogP contribution in [0.1, 0.15) is 36.2 Å². The lowest BCUT2D eigenvalue weighted by atomic mass is 9.61. The first-order valence-electron chi connectivity index (χ1n) is 13.9. The van der Waals surface area contributed by atoms with Gasteiger partial charge in [0.25, 0.3) is 0 Å². The van der Waals surface area contributed by atoms with Crippen molar-refractivity contribution in [3.8, 4) is 22.0 Å². The molecule has 0 spiro atoms. The molecular weight excluding hydrogens is 593 g/mol. The van der Waals surface area contributed by atoms with Crippen molar-refractivity contribution in [2.24, 2.45) is 17.8 Å². The average Bonchev–Trinajstić information content (AvgIpc) is 3.67. The molecule has 2 bridgehead atoms. The molecule has 8 rings (SSSR count). The lowest BCUT2D eigenvalue weighted by Gasteiger charge is -2.47. The molecule has 13 heteroatoms. The van der Waals surface area contributed by atoms with Crippen LogP contribution in [0, 0.1) is 23.6 Å². The van der Waals surface area contributed by atoms with Gasteiger partial charge in [0.05, 0.1) is 29.1 Å². The van der Waals surface area contributed by atoms with Gasteiger partial charge in [-0.15, -0.1) is 11.3 Å². The van der Waals surface area contributed by atoms with E-state index in [9.17, 15) is 14.7 Å². The monoisotopic (exact) mass is 617 g/mol. The fourth-order valence-electron chi connectivity index (χ4n) is 6.49. The Balaban J connectivity index is 1.35. The van der Waals surface area contributed by atoms with E-state index in [1.165, 1.54) is 17.5 Å². The molecule has 10 nitrogen and oxygen atoms in total. The van der Waals surface area contributed by atoms with E-state index in [0.717, 1.165) is 25.7 Å². The molecule has 0 radical (unpaired) electrons. The fourth-order valence-corrected chi connectivity index (χ4v) is 7.33. The Morgan fingerprint density at radius 3 is 2.60 bits per heavy atom. The number of halogens is 2. The van der Waals surface area contributed by atoms with Crippen molar-refractivity contribution in [2.45, 2.75) is 38.3 Å². The summed E-state index contributed by atoms with van der Waals surface area (Å²) in [4.78, 5) is 48.2. The maximum Gasteiger partial charge on any atom is 0.308 e. The Hall–Kier alpha value is -4.29. The summed E-state index contributed by atoms with van der Waals surface area (Å²) in [5, 5.41) is 15.3. The van der Waals surface area contributed by atoms with Crippen LogP contribution in [0.25, 0.3) is 33.1 Å². The first-order chi connectivity index (χ1) is 20.9. The number of ketones is 1. The number of pyridine rings is 1. The normalized spacial score (nSPS) is 21.3. The summed E-state index contributed by atoms with van der Waals surface area (Å²) in [5.74, 6) is -2.22. The molecule has 2 atom stereocenters. The van der Waals surface area contributed by atoms with Crippen LogP contribution in [0.4, 0.5) is 10.2 Å². The molecule has 2 N–H and O–H groups in total. The number of nitrogens with zero attached hydrogens (tertiary/aromatic N) is 6. The highest BCUT2D eigenvalue weighted by Crippen LogP contribution is 2.47. The molecule has 5 heterocycles. The van der Waals surface area contributed by atoms with Crippen molar-refractivity contribution in [3.05, 3.63) is 71.0 Å². The average molecular weight is 618 g/mol. The van der Waals surface area contributed by atoms with Gasteiger partial charge in [-0.3, -0.25) is 14.6 Å². The van der Waals surface area contributed by atoms with Crippen LogP contribution < -0.4 is 5.32 Å². The molecular formula is C30H25ClFN7O3S. The number of carbonyl (C=O) groups excluding carboxylic acids is 1. The molecule has 218 valence electrons. The number of fused-ring (bicyclic) bond motifs is 4. The third kappa shape index (κ3) is 5.04. The number of hydrogen-bond acceptors (Lipinski definition) is 9. The first-order valence-corrected chi connectivity index (χ1v) is 15.2. The summed E-state index contributed by atoms with van der Waals surface area (Å²) in [5.41, 5.74) is 1.50. The number of aliphatic carboxylic acids is 1. The Morgan fingerprint density at radius 1 is 1.07 bits per heavy atom. The van der Waals surface area contributed by atoms with Crippen LogP contribution in [-0.2, 0) is 11.3 Å². The zero-order chi connectivity index (χ0) is 29.7. The number of nitrogens with one attached hydrogen (secondary N) is 1. The fraction of sp³-hybridized carbons (Fsp3) is 0.300. The van der Waals surface area contributed by atoms with Gasteiger partial charge in [0, 0.05) is 18.4 Å². The molecule has 3 aliphatic carbocycles. The van der Waals surface area contributed by atoms with E-state index in [2.05, 4.69) is 30.2 Å². The van der Waals surface area contributed by atoms with E-state index < -0.39 is 23.7 Å². The molecule has 5 aromatic heterocycles. The quantitative estimate of drug-likeness (QED) is 0.201. The van der Waals surface area contributed by atoms with Crippen LogP contribution in [0.3, 0.4) is 0 Å². The van der Waals surface area contributed by atoms with Crippen LogP contribution in [-0.4, -0.2) is 52.4 Å². The van der Waals surface area contributed by atoms with Gasteiger partial charge in [-0.05, 0) is 61.1 Å². The zero-order valence-electron chi connectivity index (χ0n) is 22.7.